The van der Waals surface area contributed by atoms with Crippen molar-refractivity contribution >= 4 is 16.9 Å². The number of ether oxygens (including phenoxy) is 1. The summed E-state index contributed by atoms with van der Waals surface area (Å²) in [6.07, 6.45) is 1.62. The SMILES string of the molecule is CCC[C@H](c1nnnn1CC(=O)OCC)N(Cc1ccccc1)Cc1cc2cccc(C)c2[nH]c1=O. The summed E-state index contributed by atoms with van der Waals surface area (Å²) < 4.78 is 6.62. The van der Waals surface area contributed by atoms with E-state index in [0.717, 1.165) is 34.9 Å². The first kappa shape index (κ1) is 25.2. The number of aryl methyl sites for hydroxylation is 1. The second-order valence-electron chi connectivity index (χ2n) is 8.86. The van der Waals surface area contributed by atoms with Crippen molar-refractivity contribution in [3.8, 4) is 0 Å². The van der Waals surface area contributed by atoms with Gasteiger partial charge in [-0.25, -0.2) is 4.68 Å². The van der Waals surface area contributed by atoms with Crippen LogP contribution in [0.1, 0.15) is 55.2 Å². The molecule has 4 aromatic rings. The second-order valence-corrected chi connectivity index (χ2v) is 8.86. The van der Waals surface area contributed by atoms with E-state index in [1.165, 1.54) is 4.68 Å². The summed E-state index contributed by atoms with van der Waals surface area (Å²) in [6.45, 7) is 7.06. The first-order valence-corrected chi connectivity index (χ1v) is 12.3. The summed E-state index contributed by atoms with van der Waals surface area (Å²) in [6, 6.07) is 17.8. The molecule has 0 bridgehead atoms. The molecule has 9 nitrogen and oxygen atoms in total. The summed E-state index contributed by atoms with van der Waals surface area (Å²) in [5.41, 5.74) is 3.53. The van der Waals surface area contributed by atoms with Crippen LogP contribution in [0.25, 0.3) is 10.9 Å². The minimum Gasteiger partial charge on any atom is -0.465 e. The van der Waals surface area contributed by atoms with Gasteiger partial charge in [0.2, 0.25) is 0 Å². The zero-order valence-electron chi connectivity index (χ0n) is 21.0. The number of benzene rings is 2. The third kappa shape index (κ3) is 5.85. The van der Waals surface area contributed by atoms with Crippen molar-refractivity contribution in [1.29, 1.82) is 0 Å². The molecule has 0 saturated heterocycles. The van der Waals surface area contributed by atoms with Crippen LogP contribution in [-0.2, 0) is 29.2 Å². The van der Waals surface area contributed by atoms with E-state index >= 15 is 0 Å². The van der Waals surface area contributed by atoms with Crippen LogP contribution in [0.5, 0.6) is 0 Å². The van der Waals surface area contributed by atoms with Gasteiger partial charge >= 0.3 is 5.97 Å². The summed E-state index contributed by atoms with van der Waals surface area (Å²) in [5, 5.41) is 13.2. The molecule has 0 fully saturated rings. The molecule has 0 unspecified atom stereocenters. The van der Waals surface area contributed by atoms with Crippen LogP contribution in [0.4, 0.5) is 0 Å². The van der Waals surface area contributed by atoms with Crippen molar-refractivity contribution in [1.82, 2.24) is 30.1 Å². The van der Waals surface area contributed by atoms with Crippen molar-refractivity contribution in [2.75, 3.05) is 6.61 Å². The van der Waals surface area contributed by atoms with Gasteiger partial charge in [0.15, 0.2) is 5.82 Å². The van der Waals surface area contributed by atoms with Crippen LogP contribution >= 0.6 is 0 Å². The average Bonchev–Trinajstić information content (AvgIpc) is 3.31. The van der Waals surface area contributed by atoms with Crippen LogP contribution < -0.4 is 5.56 Å². The molecule has 1 atom stereocenters. The Morgan fingerprint density at radius 1 is 1.11 bits per heavy atom. The lowest BCUT2D eigenvalue weighted by molar-refractivity contribution is -0.144. The maximum absolute atomic E-state index is 13.1. The quantitative estimate of drug-likeness (QED) is 0.319. The topological polar surface area (TPSA) is 106 Å². The smallest absolute Gasteiger partial charge is 0.327 e. The average molecular weight is 489 g/mol. The third-order valence-electron chi connectivity index (χ3n) is 6.21. The Morgan fingerprint density at radius 3 is 2.67 bits per heavy atom. The monoisotopic (exact) mass is 488 g/mol. The molecule has 0 aliphatic rings. The van der Waals surface area contributed by atoms with Gasteiger partial charge in [0.25, 0.3) is 5.56 Å². The maximum Gasteiger partial charge on any atom is 0.327 e. The van der Waals surface area contributed by atoms with Crippen molar-refractivity contribution in [2.45, 2.75) is 59.3 Å². The number of nitrogens with zero attached hydrogens (tertiary/aromatic N) is 5. The van der Waals surface area contributed by atoms with Gasteiger partial charge in [-0.3, -0.25) is 14.5 Å². The zero-order valence-corrected chi connectivity index (χ0v) is 21.0. The molecule has 0 spiro atoms. The third-order valence-corrected chi connectivity index (χ3v) is 6.21. The van der Waals surface area contributed by atoms with Gasteiger partial charge < -0.3 is 9.72 Å². The van der Waals surface area contributed by atoms with E-state index < -0.39 is 5.97 Å². The largest absolute Gasteiger partial charge is 0.465 e. The van der Waals surface area contributed by atoms with Gasteiger partial charge in [0.1, 0.15) is 6.54 Å². The molecule has 0 saturated carbocycles. The van der Waals surface area contributed by atoms with Crippen LogP contribution in [0.3, 0.4) is 0 Å². The fraction of sp³-hybridized carbons (Fsp3) is 0.370. The Labute approximate surface area is 210 Å². The Bertz CT molecular complexity index is 1360. The van der Waals surface area contributed by atoms with Crippen LogP contribution in [0.2, 0.25) is 0 Å². The van der Waals surface area contributed by atoms with Gasteiger partial charge in [0.05, 0.1) is 18.2 Å². The fourth-order valence-electron chi connectivity index (χ4n) is 4.50. The highest BCUT2D eigenvalue weighted by atomic mass is 16.5. The standard InChI is InChI=1S/C27H32N6O3/c1-4-10-23(26-29-30-31-33(26)18-24(34)36-5-2)32(16-20-12-7-6-8-13-20)17-22-15-21-14-9-11-19(3)25(21)28-27(22)35/h6-9,11-15,23H,4-5,10,16-18H2,1-3H3,(H,28,35)/t23-/m1/s1. The predicted molar refractivity (Wildman–Crippen MR) is 137 cm³/mol. The minimum absolute atomic E-state index is 0.0641. The van der Waals surface area contributed by atoms with Gasteiger partial charge in [0, 0.05) is 18.7 Å². The van der Waals surface area contributed by atoms with Crippen LogP contribution in [0, 0.1) is 6.92 Å². The van der Waals surface area contributed by atoms with Crippen LogP contribution in [-0.4, -0.2) is 42.7 Å². The Kier molecular flexibility index (Phi) is 8.22. The van der Waals surface area contributed by atoms with Crippen molar-refractivity contribution in [3.05, 3.63) is 87.5 Å². The Morgan fingerprint density at radius 2 is 1.92 bits per heavy atom. The number of esters is 1. The number of pyridine rings is 1. The molecule has 1 N–H and O–H groups in total. The van der Waals surface area contributed by atoms with E-state index in [9.17, 15) is 9.59 Å². The lowest BCUT2D eigenvalue weighted by Crippen LogP contribution is -2.33. The number of hydrogen-bond donors (Lipinski definition) is 1. The highest BCUT2D eigenvalue weighted by molar-refractivity contribution is 5.81. The summed E-state index contributed by atoms with van der Waals surface area (Å²) >= 11 is 0. The van der Waals surface area contributed by atoms with Gasteiger partial charge in [-0.05, 0) is 53.3 Å². The summed E-state index contributed by atoms with van der Waals surface area (Å²) in [4.78, 5) is 30.6. The molecule has 2 aromatic carbocycles. The molecule has 9 heteroatoms. The molecule has 4 rings (SSSR count). The zero-order chi connectivity index (χ0) is 25.5. The molecular weight excluding hydrogens is 456 g/mol. The maximum atomic E-state index is 13.1. The van der Waals surface area contributed by atoms with Gasteiger partial charge in [-0.2, -0.15) is 0 Å². The van der Waals surface area contributed by atoms with Crippen LogP contribution in [0.15, 0.2) is 59.4 Å². The van der Waals surface area contributed by atoms with Gasteiger partial charge in [-0.15, -0.1) is 5.10 Å². The normalized spacial score (nSPS) is 12.2. The van der Waals surface area contributed by atoms with E-state index in [0.29, 0.717) is 31.1 Å². The molecule has 0 aliphatic heterocycles. The Balaban J connectivity index is 1.74. The van der Waals surface area contributed by atoms with Crippen molar-refractivity contribution in [2.24, 2.45) is 0 Å². The number of carbonyl (C=O) groups excluding carboxylic acids is 1. The molecule has 0 amide bonds. The molecule has 2 aromatic heterocycles. The number of para-hydroxylation sites is 1. The highest BCUT2D eigenvalue weighted by Crippen LogP contribution is 2.28. The number of aromatic amines is 1. The lowest BCUT2D eigenvalue weighted by atomic mass is 10.0. The molecule has 0 aliphatic carbocycles. The summed E-state index contributed by atoms with van der Waals surface area (Å²) in [5.74, 6) is 0.186. The molecular formula is C27H32N6O3. The highest BCUT2D eigenvalue weighted by Gasteiger charge is 2.27. The van der Waals surface area contributed by atoms with Gasteiger partial charge in [-0.1, -0.05) is 61.9 Å². The molecule has 188 valence electrons. The molecule has 2 heterocycles. The van der Waals surface area contributed by atoms with E-state index in [1.54, 1.807) is 6.92 Å². The number of hydrogen-bond acceptors (Lipinski definition) is 7. The number of fused-ring (bicyclic) bond motifs is 1. The lowest BCUT2D eigenvalue weighted by Gasteiger charge is -2.31. The Hall–Kier alpha value is -3.85. The first-order valence-electron chi connectivity index (χ1n) is 12.3. The predicted octanol–water partition coefficient (Wildman–Crippen LogP) is 3.93. The van der Waals surface area contributed by atoms with E-state index in [4.69, 9.17) is 4.74 Å². The number of H-pyrrole nitrogens is 1. The van der Waals surface area contributed by atoms with E-state index in [1.807, 2.05) is 49.4 Å². The summed E-state index contributed by atoms with van der Waals surface area (Å²) in [7, 11) is 0. The van der Waals surface area contributed by atoms with Crippen molar-refractivity contribution in [3.63, 3.8) is 0 Å². The second kappa shape index (κ2) is 11.7. The fourth-order valence-corrected chi connectivity index (χ4v) is 4.50. The number of nitrogens with one attached hydrogen (secondary N) is 1. The van der Waals surface area contributed by atoms with E-state index in [2.05, 4.69) is 44.5 Å². The number of tetrazole rings is 1. The number of aromatic nitrogens is 5. The molecule has 0 radical (unpaired) electrons. The number of rotatable bonds is 11. The van der Waals surface area contributed by atoms with E-state index in [-0.39, 0.29) is 18.1 Å². The number of carbonyl (C=O) groups is 1. The van der Waals surface area contributed by atoms with Crippen molar-refractivity contribution < 1.29 is 9.53 Å². The molecule has 36 heavy (non-hydrogen) atoms. The minimum atomic E-state index is -0.391. The first-order chi connectivity index (χ1) is 17.5.